The lowest BCUT2D eigenvalue weighted by atomic mass is 9.97. The zero-order valence-corrected chi connectivity index (χ0v) is 18.1. The second-order valence-electron chi connectivity index (χ2n) is 6.54. The van der Waals surface area contributed by atoms with Crippen molar-refractivity contribution in [2.24, 2.45) is 0 Å². The van der Waals surface area contributed by atoms with Crippen LogP contribution in [0, 0.1) is 0 Å². The molecule has 0 bridgehead atoms. The highest BCUT2D eigenvalue weighted by Crippen LogP contribution is 2.42. The Hall–Kier alpha value is -3.75. The minimum absolute atomic E-state index is 0.0367. The van der Waals surface area contributed by atoms with Crippen LogP contribution in [0.3, 0.4) is 0 Å². The monoisotopic (exact) mass is 444 g/mol. The Bertz CT molecular complexity index is 1060. The number of ether oxygens (including phenoxy) is 6. The molecular weight excluding hydrogens is 420 g/mol. The molecule has 0 saturated heterocycles. The summed E-state index contributed by atoms with van der Waals surface area (Å²) in [4.78, 5) is 36.6. The molecule has 0 saturated carbocycles. The molecule has 0 radical (unpaired) electrons. The van der Waals surface area contributed by atoms with Crippen LogP contribution in [0.2, 0.25) is 0 Å². The summed E-state index contributed by atoms with van der Waals surface area (Å²) in [5, 5.41) is 0.965. The Morgan fingerprint density at radius 3 is 2.22 bits per heavy atom. The van der Waals surface area contributed by atoms with E-state index in [4.69, 9.17) is 28.4 Å². The van der Waals surface area contributed by atoms with Crippen molar-refractivity contribution in [1.29, 1.82) is 0 Å². The van der Waals surface area contributed by atoms with Gasteiger partial charge in [0.1, 0.15) is 5.75 Å². The molecule has 2 aromatic carbocycles. The van der Waals surface area contributed by atoms with E-state index in [1.165, 1.54) is 6.07 Å². The molecule has 0 unspecified atom stereocenters. The third kappa shape index (κ3) is 5.11. The molecule has 2 aromatic rings. The highest BCUT2D eigenvalue weighted by Gasteiger charge is 2.24. The molecule has 0 N–H and O–H groups in total. The first kappa shape index (κ1) is 22.9. The van der Waals surface area contributed by atoms with E-state index in [9.17, 15) is 14.4 Å². The van der Waals surface area contributed by atoms with E-state index in [1.54, 1.807) is 32.9 Å². The van der Waals surface area contributed by atoms with Crippen LogP contribution in [-0.4, -0.2) is 44.5 Å². The topological polar surface area (TPSA) is 107 Å². The Labute approximate surface area is 184 Å². The Balaban J connectivity index is 2.16. The van der Waals surface area contributed by atoms with Gasteiger partial charge in [0.2, 0.25) is 6.79 Å². The summed E-state index contributed by atoms with van der Waals surface area (Å²) >= 11 is 0. The van der Waals surface area contributed by atoms with E-state index < -0.39 is 17.9 Å². The fourth-order valence-corrected chi connectivity index (χ4v) is 3.21. The van der Waals surface area contributed by atoms with Crippen molar-refractivity contribution >= 4 is 28.7 Å². The smallest absolute Gasteiger partial charge is 0.338 e. The number of fused-ring (bicyclic) bond motifs is 2. The van der Waals surface area contributed by atoms with Crippen molar-refractivity contribution in [2.75, 3.05) is 26.6 Å². The predicted octanol–water partition coefficient (Wildman–Crippen LogP) is 3.31. The van der Waals surface area contributed by atoms with E-state index in [-0.39, 0.29) is 44.3 Å². The van der Waals surface area contributed by atoms with Crippen molar-refractivity contribution in [1.82, 2.24) is 0 Å². The van der Waals surface area contributed by atoms with Gasteiger partial charge in [-0.2, -0.15) is 0 Å². The zero-order valence-electron chi connectivity index (χ0n) is 18.1. The average molecular weight is 444 g/mol. The number of carbonyl (C=O) groups excluding carboxylic acids is 3. The number of hydrogen-bond acceptors (Lipinski definition) is 9. The van der Waals surface area contributed by atoms with Crippen molar-refractivity contribution in [2.45, 2.75) is 27.2 Å². The maximum atomic E-state index is 12.7. The Morgan fingerprint density at radius 2 is 1.56 bits per heavy atom. The molecule has 3 rings (SSSR count). The maximum absolute atomic E-state index is 12.7. The van der Waals surface area contributed by atoms with Gasteiger partial charge in [-0.3, -0.25) is 4.79 Å². The molecule has 0 fully saturated rings. The van der Waals surface area contributed by atoms with Gasteiger partial charge in [-0.15, -0.1) is 0 Å². The molecule has 0 spiro atoms. The average Bonchev–Trinajstić information content (AvgIpc) is 3.21. The minimum Gasteiger partial charge on any atom is -0.466 e. The molecule has 0 atom stereocenters. The van der Waals surface area contributed by atoms with Crippen LogP contribution in [0.25, 0.3) is 10.8 Å². The highest BCUT2D eigenvalue weighted by atomic mass is 16.7. The summed E-state index contributed by atoms with van der Waals surface area (Å²) in [5.74, 6) is -0.449. The number of hydrogen-bond donors (Lipinski definition) is 0. The van der Waals surface area contributed by atoms with Gasteiger partial charge in [0.05, 0.1) is 44.1 Å². The van der Waals surface area contributed by atoms with Gasteiger partial charge in [-0.1, -0.05) is 0 Å². The van der Waals surface area contributed by atoms with Gasteiger partial charge in [0.15, 0.2) is 11.5 Å². The third-order valence-electron chi connectivity index (χ3n) is 4.47. The van der Waals surface area contributed by atoms with Crippen LogP contribution in [0.1, 0.15) is 36.7 Å². The van der Waals surface area contributed by atoms with E-state index >= 15 is 0 Å². The van der Waals surface area contributed by atoms with E-state index in [1.807, 2.05) is 0 Å². The second kappa shape index (κ2) is 10.5. The van der Waals surface area contributed by atoms with Crippen molar-refractivity contribution < 1.29 is 42.8 Å². The van der Waals surface area contributed by atoms with Crippen LogP contribution < -0.4 is 14.2 Å². The summed E-state index contributed by atoms with van der Waals surface area (Å²) in [6.07, 6.45) is 2.12. The van der Waals surface area contributed by atoms with Crippen molar-refractivity contribution in [3.8, 4) is 17.2 Å². The summed E-state index contributed by atoms with van der Waals surface area (Å²) in [6, 6.07) is 4.83. The number of carbonyl (C=O) groups is 3. The minimum atomic E-state index is -0.579. The van der Waals surface area contributed by atoms with Crippen molar-refractivity contribution in [3.63, 3.8) is 0 Å². The lowest BCUT2D eigenvalue weighted by Crippen LogP contribution is -2.11. The first-order chi connectivity index (χ1) is 15.5. The van der Waals surface area contributed by atoms with Gasteiger partial charge >= 0.3 is 17.9 Å². The molecule has 1 aliphatic heterocycles. The van der Waals surface area contributed by atoms with Crippen molar-refractivity contribution in [3.05, 3.63) is 41.7 Å². The first-order valence-corrected chi connectivity index (χ1v) is 10.2. The van der Waals surface area contributed by atoms with Crippen LogP contribution in [0.15, 0.2) is 30.5 Å². The molecule has 9 heteroatoms. The molecule has 9 nitrogen and oxygen atoms in total. The molecule has 32 heavy (non-hydrogen) atoms. The third-order valence-corrected chi connectivity index (χ3v) is 4.47. The van der Waals surface area contributed by atoms with E-state index in [0.29, 0.717) is 27.8 Å². The quantitative estimate of drug-likeness (QED) is 0.249. The summed E-state index contributed by atoms with van der Waals surface area (Å²) in [7, 11) is 0. The lowest BCUT2D eigenvalue weighted by molar-refractivity contribution is -0.142. The van der Waals surface area contributed by atoms with Gasteiger partial charge in [-0.25, -0.2) is 9.59 Å². The van der Waals surface area contributed by atoms with Gasteiger partial charge in [0, 0.05) is 16.3 Å². The lowest BCUT2D eigenvalue weighted by Gasteiger charge is -2.16. The van der Waals surface area contributed by atoms with Crippen LogP contribution in [0.4, 0.5) is 0 Å². The number of rotatable bonds is 9. The van der Waals surface area contributed by atoms with Crippen LogP contribution >= 0.6 is 0 Å². The molecular formula is C23H24O9. The van der Waals surface area contributed by atoms with Gasteiger partial charge in [-0.05, 0) is 39.0 Å². The second-order valence-corrected chi connectivity index (χ2v) is 6.54. The van der Waals surface area contributed by atoms with Crippen LogP contribution in [-0.2, 0) is 30.2 Å². The summed E-state index contributed by atoms with van der Waals surface area (Å²) in [5.41, 5.74) is 0.618. The number of esters is 3. The van der Waals surface area contributed by atoms with E-state index in [0.717, 1.165) is 12.3 Å². The normalized spacial score (nSPS) is 12.1. The predicted molar refractivity (Wildman–Crippen MR) is 113 cm³/mol. The Kier molecular flexibility index (Phi) is 7.54. The van der Waals surface area contributed by atoms with E-state index in [2.05, 4.69) is 0 Å². The van der Waals surface area contributed by atoms with Gasteiger partial charge in [0.25, 0.3) is 0 Å². The van der Waals surface area contributed by atoms with Gasteiger partial charge < -0.3 is 28.4 Å². The zero-order chi connectivity index (χ0) is 23.1. The highest BCUT2D eigenvalue weighted by molar-refractivity contribution is 6.08. The summed E-state index contributed by atoms with van der Waals surface area (Å²) in [6.45, 7) is 5.73. The fraction of sp³-hybridized carbons (Fsp3) is 0.348. The SMILES string of the molecule is CCOC(=O)/C=C/Oc1c(CC(=O)OCC)cc(C(=O)OCC)c2cc3c(cc12)OCO3. The molecule has 0 aromatic heterocycles. The number of benzene rings is 2. The first-order valence-electron chi connectivity index (χ1n) is 10.2. The molecule has 170 valence electrons. The molecule has 1 aliphatic rings. The fourth-order valence-electron chi connectivity index (χ4n) is 3.21. The molecule has 0 aliphatic carbocycles. The van der Waals surface area contributed by atoms with Crippen LogP contribution in [0.5, 0.6) is 17.2 Å². The maximum Gasteiger partial charge on any atom is 0.338 e. The molecule has 1 heterocycles. The largest absolute Gasteiger partial charge is 0.466 e. The molecule has 0 amide bonds. The summed E-state index contributed by atoms with van der Waals surface area (Å²) < 4.78 is 31.8. The standard InChI is InChI=1S/C23H24O9/c1-4-27-20(24)7-8-30-22-14(10-21(25)28-5-2)9-17(23(26)29-6-3)15-11-18-19(12-16(15)22)32-13-31-18/h7-9,11-12H,4-6,10,13H2,1-3H3/b8-7+. The Morgan fingerprint density at radius 1 is 0.906 bits per heavy atom.